The maximum absolute atomic E-state index is 12.8. The van der Waals surface area contributed by atoms with Crippen LogP contribution in [0.3, 0.4) is 0 Å². The Kier molecular flexibility index (Phi) is 2.44. The average molecular weight is 172 g/mol. The maximum Gasteiger partial charge on any atom is 0.491 e. The van der Waals surface area contributed by atoms with E-state index < -0.39 is 24.2 Å². The molecule has 0 saturated carbocycles. The molecule has 0 heterocycles. The Morgan fingerprint density at radius 1 is 1.17 bits per heavy atom. The van der Waals surface area contributed by atoms with Crippen molar-refractivity contribution in [2.45, 2.75) is 6.92 Å². The lowest BCUT2D eigenvalue weighted by molar-refractivity contribution is 0.420. The highest BCUT2D eigenvalue weighted by Crippen LogP contribution is 2.08. The lowest BCUT2D eigenvalue weighted by atomic mass is 9.79. The van der Waals surface area contributed by atoms with Crippen LogP contribution < -0.4 is 5.46 Å². The van der Waals surface area contributed by atoms with Gasteiger partial charge in [0.2, 0.25) is 0 Å². The standard InChI is InChI=1S/C7H7BF2O2/c1-4-2-3-5(8(11)12)7(10)6(4)9/h2-3,11-12H,1H3. The molecular weight excluding hydrogens is 165 g/mol. The normalized spacial score (nSPS) is 10.1. The Labute approximate surface area is 68.6 Å². The molecule has 5 heteroatoms. The van der Waals surface area contributed by atoms with Gasteiger partial charge in [-0.1, -0.05) is 12.1 Å². The highest BCUT2D eigenvalue weighted by molar-refractivity contribution is 6.58. The van der Waals surface area contributed by atoms with E-state index in [-0.39, 0.29) is 5.56 Å². The minimum absolute atomic E-state index is 0.136. The molecular formula is C7H7BF2O2. The Balaban J connectivity index is 3.27. The maximum atomic E-state index is 12.8. The lowest BCUT2D eigenvalue weighted by Crippen LogP contribution is -2.33. The molecule has 0 saturated heterocycles. The Morgan fingerprint density at radius 2 is 1.75 bits per heavy atom. The summed E-state index contributed by atoms with van der Waals surface area (Å²) in [5, 5.41) is 17.1. The highest BCUT2D eigenvalue weighted by atomic mass is 19.2. The van der Waals surface area contributed by atoms with Crippen molar-refractivity contribution in [3.8, 4) is 0 Å². The van der Waals surface area contributed by atoms with E-state index in [1.165, 1.54) is 13.0 Å². The minimum atomic E-state index is -1.97. The Morgan fingerprint density at radius 3 is 2.25 bits per heavy atom. The number of hydrogen-bond acceptors (Lipinski definition) is 2. The minimum Gasteiger partial charge on any atom is -0.423 e. The van der Waals surface area contributed by atoms with E-state index in [4.69, 9.17) is 10.0 Å². The van der Waals surface area contributed by atoms with Gasteiger partial charge in [-0.15, -0.1) is 0 Å². The van der Waals surface area contributed by atoms with E-state index in [1.54, 1.807) is 0 Å². The second-order valence-electron chi connectivity index (χ2n) is 2.47. The third kappa shape index (κ3) is 1.46. The summed E-state index contributed by atoms with van der Waals surface area (Å²) < 4.78 is 25.6. The van der Waals surface area contributed by atoms with Gasteiger partial charge in [0.15, 0.2) is 11.6 Å². The lowest BCUT2D eigenvalue weighted by Gasteiger charge is -2.03. The topological polar surface area (TPSA) is 40.5 Å². The summed E-state index contributed by atoms with van der Waals surface area (Å²) in [4.78, 5) is 0. The number of hydrogen-bond donors (Lipinski definition) is 2. The molecule has 12 heavy (non-hydrogen) atoms. The zero-order valence-electron chi connectivity index (χ0n) is 6.38. The van der Waals surface area contributed by atoms with Crippen LogP contribution in [0.25, 0.3) is 0 Å². The van der Waals surface area contributed by atoms with Crippen molar-refractivity contribution in [3.63, 3.8) is 0 Å². The molecule has 64 valence electrons. The van der Waals surface area contributed by atoms with Crippen molar-refractivity contribution in [1.82, 2.24) is 0 Å². The van der Waals surface area contributed by atoms with Crippen LogP contribution in [0, 0.1) is 18.6 Å². The summed E-state index contributed by atoms with van der Waals surface area (Å²) in [6.45, 7) is 1.39. The summed E-state index contributed by atoms with van der Waals surface area (Å²) in [6, 6.07) is 2.42. The van der Waals surface area contributed by atoms with Crippen LogP contribution in [0.15, 0.2) is 12.1 Å². The van der Waals surface area contributed by atoms with Crippen molar-refractivity contribution in [2.75, 3.05) is 0 Å². The molecule has 1 rings (SSSR count). The third-order valence-electron chi connectivity index (χ3n) is 1.58. The fraction of sp³-hybridized carbons (Fsp3) is 0.143. The van der Waals surface area contributed by atoms with Crippen molar-refractivity contribution < 1.29 is 18.8 Å². The van der Waals surface area contributed by atoms with E-state index in [9.17, 15) is 8.78 Å². The van der Waals surface area contributed by atoms with Gasteiger partial charge in [-0.3, -0.25) is 0 Å². The summed E-state index contributed by atoms with van der Waals surface area (Å²) in [6.07, 6.45) is 0. The van der Waals surface area contributed by atoms with Gasteiger partial charge in [-0.05, 0) is 12.5 Å². The molecule has 1 aromatic carbocycles. The molecule has 1 aromatic rings. The van der Waals surface area contributed by atoms with Gasteiger partial charge >= 0.3 is 7.12 Å². The summed E-state index contributed by atoms with van der Waals surface area (Å²) in [7, 11) is -1.97. The number of aryl methyl sites for hydroxylation is 1. The van der Waals surface area contributed by atoms with E-state index in [0.29, 0.717) is 0 Å². The second kappa shape index (κ2) is 3.20. The Bertz CT molecular complexity index is 302. The molecule has 0 radical (unpaired) electrons. The van der Waals surface area contributed by atoms with Crippen LogP contribution in [0.1, 0.15) is 5.56 Å². The van der Waals surface area contributed by atoms with E-state index in [1.807, 2.05) is 0 Å². The van der Waals surface area contributed by atoms with Gasteiger partial charge in [-0.25, -0.2) is 8.78 Å². The molecule has 0 aliphatic rings. The number of halogens is 2. The van der Waals surface area contributed by atoms with Crippen molar-refractivity contribution in [1.29, 1.82) is 0 Å². The van der Waals surface area contributed by atoms with Crippen LogP contribution in [0.2, 0.25) is 0 Å². The number of rotatable bonds is 1. The monoisotopic (exact) mass is 172 g/mol. The fourth-order valence-electron chi connectivity index (χ4n) is 0.860. The second-order valence-corrected chi connectivity index (χ2v) is 2.47. The van der Waals surface area contributed by atoms with Gasteiger partial charge in [0, 0.05) is 5.46 Å². The number of benzene rings is 1. The highest BCUT2D eigenvalue weighted by Gasteiger charge is 2.19. The van der Waals surface area contributed by atoms with Crippen molar-refractivity contribution >= 4 is 12.6 Å². The van der Waals surface area contributed by atoms with Crippen LogP contribution >= 0.6 is 0 Å². The molecule has 0 aliphatic heterocycles. The van der Waals surface area contributed by atoms with Crippen molar-refractivity contribution in [3.05, 3.63) is 29.3 Å². The van der Waals surface area contributed by atoms with Gasteiger partial charge in [0.1, 0.15) is 0 Å². The van der Waals surface area contributed by atoms with Crippen LogP contribution in [-0.2, 0) is 0 Å². The van der Waals surface area contributed by atoms with E-state index >= 15 is 0 Å². The first-order chi connectivity index (χ1) is 5.54. The molecule has 2 nitrogen and oxygen atoms in total. The zero-order chi connectivity index (χ0) is 9.30. The van der Waals surface area contributed by atoms with E-state index in [0.717, 1.165) is 6.07 Å². The van der Waals surface area contributed by atoms with Gasteiger partial charge < -0.3 is 10.0 Å². The van der Waals surface area contributed by atoms with Crippen molar-refractivity contribution in [2.24, 2.45) is 0 Å². The molecule has 0 aliphatic carbocycles. The summed E-state index contributed by atoms with van der Waals surface area (Å²) in [5.74, 6) is -2.24. The predicted octanol–water partition coefficient (Wildman–Crippen LogP) is -0.0470. The zero-order valence-corrected chi connectivity index (χ0v) is 6.38. The van der Waals surface area contributed by atoms with Gasteiger partial charge in [-0.2, -0.15) is 0 Å². The SMILES string of the molecule is Cc1ccc(B(O)O)c(F)c1F. The summed E-state index contributed by atoms with van der Waals surface area (Å²) in [5.41, 5.74) is -0.310. The Hall–Kier alpha value is -0.935. The van der Waals surface area contributed by atoms with Gasteiger partial charge in [0.05, 0.1) is 0 Å². The largest absolute Gasteiger partial charge is 0.491 e. The first-order valence-corrected chi connectivity index (χ1v) is 3.34. The molecule has 0 bridgehead atoms. The molecule has 0 spiro atoms. The van der Waals surface area contributed by atoms with Crippen LogP contribution in [-0.4, -0.2) is 17.2 Å². The fourth-order valence-corrected chi connectivity index (χ4v) is 0.860. The smallest absolute Gasteiger partial charge is 0.423 e. The molecule has 0 atom stereocenters. The molecule has 0 aromatic heterocycles. The van der Waals surface area contributed by atoms with Gasteiger partial charge in [0.25, 0.3) is 0 Å². The first-order valence-electron chi connectivity index (χ1n) is 3.34. The third-order valence-corrected chi connectivity index (χ3v) is 1.58. The quantitative estimate of drug-likeness (QED) is 0.583. The predicted molar refractivity (Wildman–Crippen MR) is 40.9 cm³/mol. The molecule has 0 unspecified atom stereocenters. The van der Waals surface area contributed by atoms with Crippen LogP contribution in [0.5, 0.6) is 0 Å². The molecule has 0 amide bonds. The first kappa shape index (κ1) is 9.16. The average Bonchev–Trinajstić information content (AvgIpc) is 2.00. The summed E-state index contributed by atoms with van der Waals surface area (Å²) >= 11 is 0. The molecule has 0 fully saturated rings. The van der Waals surface area contributed by atoms with E-state index in [2.05, 4.69) is 0 Å². The van der Waals surface area contributed by atoms with Crippen LogP contribution in [0.4, 0.5) is 8.78 Å². The molecule has 2 N–H and O–H groups in total.